The maximum absolute atomic E-state index is 12.1. The Morgan fingerprint density at radius 3 is 2.60 bits per heavy atom. The molecule has 0 saturated carbocycles. The van der Waals surface area contributed by atoms with Gasteiger partial charge in [-0.2, -0.15) is 0 Å². The maximum Gasteiger partial charge on any atom is 0.259 e. The number of nitrogens with one attached hydrogen (secondary N) is 1. The zero-order valence-corrected chi connectivity index (χ0v) is 14.4. The quantitative estimate of drug-likeness (QED) is 0.841. The fraction of sp³-hybridized carbons (Fsp3) is 0.308. The third kappa shape index (κ3) is 3.56. The molecule has 0 saturated heterocycles. The van der Waals surface area contributed by atoms with Crippen molar-refractivity contribution in [3.8, 4) is 0 Å². The Bertz CT molecular complexity index is 651. The largest absolute Gasteiger partial charge is 0.296 e. The standard InChI is InChI=1S/C13H13BrClN3OS/c1-13(2,3)11-17-18-12(20-11)16-10(19)8-5-4-7(14)6-9(8)15/h4-6H,1-3H3,(H,16,18,19). The smallest absolute Gasteiger partial charge is 0.259 e. The normalized spacial score (nSPS) is 11.4. The molecular weight excluding hydrogens is 362 g/mol. The molecule has 20 heavy (non-hydrogen) atoms. The van der Waals surface area contributed by atoms with Gasteiger partial charge in [-0.3, -0.25) is 10.1 Å². The van der Waals surface area contributed by atoms with Crippen LogP contribution in [0.5, 0.6) is 0 Å². The van der Waals surface area contributed by atoms with Crippen molar-refractivity contribution in [2.45, 2.75) is 26.2 Å². The number of carbonyl (C=O) groups is 1. The predicted molar refractivity (Wildman–Crippen MR) is 85.7 cm³/mol. The molecule has 0 aliphatic heterocycles. The number of hydrogen-bond donors (Lipinski definition) is 1. The van der Waals surface area contributed by atoms with Gasteiger partial charge in [0.2, 0.25) is 5.13 Å². The molecule has 0 bridgehead atoms. The van der Waals surface area contributed by atoms with Gasteiger partial charge in [0.05, 0.1) is 10.6 Å². The summed E-state index contributed by atoms with van der Waals surface area (Å²) >= 11 is 10.7. The molecule has 106 valence electrons. The Balaban J connectivity index is 2.17. The van der Waals surface area contributed by atoms with E-state index in [1.165, 1.54) is 11.3 Å². The Kier molecular flexibility index (Phi) is 4.46. The Hall–Kier alpha value is -0.980. The molecule has 2 rings (SSSR count). The van der Waals surface area contributed by atoms with E-state index in [1.807, 2.05) is 20.8 Å². The minimum atomic E-state index is -0.292. The van der Waals surface area contributed by atoms with Crippen LogP contribution in [0.2, 0.25) is 5.02 Å². The lowest BCUT2D eigenvalue weighted by molar-refractivity contribution is 0.102. The van der Waals surface area contributed by atoms with Crippen molar-refractivity contribution in [3.63, 3.8) is 0 Å². The number of halogens is 2. The minimum absolute atomic E-state index is 0.0874. The molecule has 4 nitrogen and oxygen atoms in total. The first-order chi connectivity index (χ1) is 9.27. The first kappa shape index (κ1) is 15.4. The second-order valence-corrected chi connectivity index (χ2v) is 7.54. The van der Waals surface area contributed by atoms with Crippen LogP contribution in [0, 0.1) is 0 Å². The highest BCUT2D eigenvalue weighted by Gasteiger charge is 2.20. The van der Waals surface area contributed by atoms with Crippen molar-refractivity contribution in [3.05, 3.63) is 38.3 Å². The summed E-state index contributed by atoms with van der Waals surface area (Å²) in [6, 6.07) is 5.10. The highest BCUT2D eigenvalue weighted by Crippen LogP contribution is 2.28. The Morgan fingerprint density at radius 1 is 1.35 bits per heavy atom. The first-order valence-electron chi connectivity index (χ1n) is 5.88. The minimum Gasteiger partial charge on any atom is -0.296 e. The molecule has 0 aliphatic rings. The third-order valence-corrected chi connectivity index (χ3v) is 4.53. The predicted octanol–water partition coefficient (Wildman–Crippen LogP) is 4.50. The summed E-state index contributed by atoms with van der Waals surface area (Å²) in [7, 11) is 0. The van der Waals surface area contributed by atoms with Gasteiger partial charge in [0.25, 0.3) is 5.91 Å². The number of benzene rings is 1. The zero-order valence-electron chi connectivity index (χ0n) is 11.2. The molecule has 0 unspecified atom stereocenters. The lowest BCUT2D eigenvalue weighted by Crippen LogP contribution is -2.12. The van der Waals surface area contributed by atoms with Crippen LogP contribution >= 0.6 is 38.9 Å². The van der Waals surface area contributed by atoms with Gasteiger partial charge in [-0.15, -0.1) is 10.2 Å². The van der Waals surface area contributed by atoms with Gasteiger partial charge < -0.3 is 0 Å². The fourth-order valence-electron chi connectivity index (χ4n) is 1.41. The highest BCUT2D eigenvalue weighted by molar-refractivity contribution is 9.10. The number of hydrogen-bond acceptors (Lipinski definition) is 4. The maximum atomic E-state index is 12.1. The molecular formula is C13H13BrClN3OS. The van der Waals surface area contributed by atoms with Gasteiger partial charge >= 0.3 is 0 Å². The van der Waals surface area contributed by atoms with Gasteiger partial charge in [0.15, 0.2) is 0 Å². The number of nitrogens with zero attached hydrogens (tertiary/aromatic N) is 2. The molecule has 2 aromatic rings. The van der Waals surface area contributed by atoms with E-state index in [0.717, 1.165) is 9.48 Å². The molecule has 0 fully saturated rings. The van der Waals surface area contributed by atoms with Crippen LogP contribution in [0.15, 0.2) is 22.7 Å². The summed E-state index contributed by atoms with van der Waals surface area (Å²) in [5.41, 5.74) is 0.318. The van der Waals surface area contributed by atoms with Crippen LogP contribution in [0.25, 0.3) is 0 Å². The second kappa shape index (κ2) is 5.79. The molecule has 1 aromatic carbocycles. The van der Waals surface area contributed by atoms with Crippen molar-refractivity contribution in [1.82, 2.24) is 10.2 Å². The number of anilines is 1. The van der Waals surface area contributed by atoms with Crippen molar-refractivity contribution in [2.24, 2.45) is 0 Å². The van der Waals surface area contributed by atoms with Crippen molar-refractivity contribution in [2.75, 3.05) is 5.32 Å². The van der Waals surface area contributed by atoms with Gasteiger partial charge in [-0.25, -0.2) is 0 Å². The molecule has 1 heterocycles. The molecule has 0 spiro atoms. The number of carbonyl (C=O) groups excluding carboxylic acids is 1. The number of rotatable bonds is 2. The number of amides is 1. The van der Waals surface area contributed by atoms with E-state index in [4.69, 9.17) is 11.6 Å². The van der Waals surface area contributed by atoms with E-state index in [2.05, 4.69) is 31.4 Å². The van der Waals surface area contributed by atoms with Gasteiger partial charge in [0, 0.05) is 9.89 Å². The molecule has 1 aromatic heterocycles. The Labute approximate surface area is 134 Å². The summed E-state index contributed by atoms with van der Waals surface area (Å²) in [5, 5.41) is 12.5. The SMILES string of the molecule is CC(C)(C)c1nnc(NC(=O)c2ccc(Br)cc2Cl)s1. The molecule has 0 aliphatic carbocycles. The topological polar surface area (TPSA) is 54.9 Å². The first-order valence-corrected chi connectivity index (χ1v) is 7.86. The Morgan fingerprint density at radius 2 is 2.05 bits per heavy atom. The van der Waals surface area contributed by atoms with E-state index in [0.29, 0.717) is 15.7 Å². The van der Waals surface area contributed by atoms with Crippen molar-refractivity contribution >= 4 is 49.9 Å². The van der Waals surface area contributed by atoms with E-state index < -0.39 is 0 Å². The monoisotopic (exact) mass is 373 g/mol. The van der Waals surface area contributed by atoms with E-state index in [1.54, 1.807) is 18.2 Å². The van der Waals surface area contributed by atoms with E-state index in [9.17, 15) is 4.79 Å². The molecule has 1 N–H and O–H groups in total. The van der Waals surface area contributed by atoms with Crippen molar-refractivity contribution in [1.29, 1.82) is 0 Å². The van der Waals surface area contributed by atoms with Crippen LogP contribution in [0.3, 0.4) is 0 Å². The van der Waals surface area contributed by atoms with Crippen LogP contribution in [0.4, 0.5) is 5.13 Å². The fourth-order valence-corrected chi connectivity index (χ4v) is 2.97. The van der Waals surface area contributed by atoms with Crippen LogP contribution in [-0.2, 0) is 5.41 Å². The van der Waals surface area contributed by atoms with Gasteiger partial charge in [-0.05, 0) is 18.2 Å². The van der Waals surface area contributed by atoms with Crippen LogP contribution in [0.1, 0.15) is 36.1 Å². The van der Waals surface area contributed by atoms with E-state index >= 15 is 0 Å². The van der Waals surface area contributed by atoms with Crippen LogP contribution in [-0.4, -0.2) is 16.1 Å². The average molecular weight is 375 g/mol. The van der Waals surface area contributed by atoms with Crippen LogP contribution < -0.4 is 5.32 Å². The lowest BCUT2D eigenvalue weighted by Gasteiger charge is -2.12. The second-order valence-electron chi connectivity index (χ2n) is 5.24. The summed E-state index contributed by atoms with van der Waals surface area (Å²) in [6.45, 7) is 6.14. The average Bonchev–Trinajstić information content (AvgIpc) is 2.76. The summed E-state index contributed by atoms with van der Waals surface area (Å²) in [6.07, 6.45) is 0. The molecule has 0 radical (unpaired) electrons. The van der Waals surface area contributed by atoms with Gasteiger partial charge in [-0.1, -0.05) is 59.6 Å². The summed E-state index contributed by atoms with van der Waals surface area (Å²) < 4.78 is 0.824. The van der Waals surface area contributed by atoms with E-state index in [-0.39, 0.29) is 11.3 Å². The number of aromatic nitrogens is 2. The molecule has 0 atom stereocenters. The molecule has 1 amide bonds. The highest BCUT2D eigenvalue weighted by atomic mass is 79.9. The third-order valence-electron chi connectivity index (χ3n) is 2.46. The lowest BCUT2D eigenvalue weighted by atomic mass is 9.98. The summed E-state index contributed by atoms with van der Waals surface area (Å²) in [5.74, 6) is -0.292. The molecule has 7 heteroatoms. The zero-order chi connectivity index (χ0) is 14.9. The summed E-state index contributed by atoms with van der Waals surface area (Å²) in [4.78, 5) is 12.1. The van der Waals surface area contributed by atoms with Gasteiger partial charge in [0.1, 0.15) is 5.01 Å². The van der Waals surface area contributed by atoms with Crippen molar-refractivity contribution < 1.29 is 4.79 Å².